The molecule has 4 aromatic rings. The highest BCUT2D eigenvalue weighted by Crippen LogP contribution is 2.43. The number of hydrogen-bond donors (Lipinski definition) is 1. The molecule has 1 aliphatic heterocycles. The Kier molecular flexibility index (Phi) is 6.00. The quantitative estimate of drug-likeness (QED) is 0.138. The van der Waals surface area contributed by atoms with E-state index in [1.165, 1.54) is 11.8 Å². The number of amides is 1. The largest absolute Gasteiger partial charge is 0.507 e. The van der Waals surface area contributed by atoms with Crippen molar-refractivity contribution >= 4 is 39.9 Å². The Hall–Kier alpha value is -5.22. The number of carbonyl (C=O) groups is 3. The number of nitriles is 1. The zero-order valence-electron chi connectivity index (χ0n) is 19.7. The fourth-order valence-corrected chi connectivity index (χ4v) is 4.52. The van der Waals surface area contributed by atoms with Crippen LogP contribution in [0, 0.1) is 11.3 Å². The average molecular weight is 488 g/mol. The van der Waals surface area contributed by atoms with Gasteiger partial charge in [0.15, 0.2) is 0 Å². The summed E-state index contributed by atoms with van der Waals surface area (Å²) < 4.78 is 5.23. The molecule has 1 N–H and O–H groups in total. The summed E-state index contributed by atoms with van der Waals surface area (Å²) in [6.45, 7) is 1.27. The second-order valence-corrected chi connectivity index (χ2v) is 8.56. The second-order valence-electron chi connectivity index (χ2n) is 8.56. The van der Waals surface area contributed by atoms with E-state index in [4.69, 9.17) is 10.00 Å². The van der Waals surface area contributed by atoms with Crippen molar-refractivity contribution in [3.63, 3.8) is 0 Å². The van der Waals surface area contributed by atoms with Gasteiger partial charge >= 0.3 is 5.97 Å². The summed E-state index contributed by atoms with van der Waals surface area (Å²) in [5, 5.41) is 22.4. The summed E-state index contributed by atoms with van der Waals surface area (Å²) in [6, 6.07) is 26.6. The monoisotopic (exact) mass is 488 g/mol. The third-order valence-corrected chi connectivity index (χ3v) is 6.18. The Labute approximate surface area is 212 Å². The van der Waals surface area contributed by atoms with Crippen LogP contribution in [0.1, 0.15) is 29.7 Å². The maximum absolute atomic E-state index is 13.4. The summed E-state index contributed by atoms with van der Waals surface area (Å²) in [6.07, 6.45) is 0. The van der Waals surface area contributed by atoms with Crippen LogP contribution in [0.15, 0.2) is 96.6 Å². The maximum atomic E-state index is 13.4. The van der Waals surface area contributed by atoms with E-state index in [0.29, 0.717) is 22.4 Å². The first kappa shape index (κ1) is 23.5. The molecule has 37 heavy (non-hydrogen) atoms. The molecule has 1 aliphatic rings. The minimum Gasteiger partial charge on any atom is -0.507 e. The van der Waals surface area contributed by atoms with Crippen molar-refractivity contribution in [2.24, 2.45) is 0 Å². The molecule has 1 atom stereocenters. The lowest BCUT2D eigenvalue weighted by Crippen LogP contribution is -2.29. The Balaban J connectivity index is 1.72. The smallest absolute Gasteiger partial charge is 0.308 e. The van der Waals surface area contributed by atoms with Gasteiger partial charge in [-0.15, -0.1) is 0 Å². The number of aliphatic hydroxyl groups is 1. The number of anilines is 1. The fourth-order valence-electron chi connectivity index (χ4n) is 4.52. The summed E-state index contributed by atoms with van der Waals surface area (Å²) >= 11 is 0. The van der Waals surface area contributed by atoms with Gasteiger partial charge in [-0.05, 0) is 58.8 Å². The number of esters is 1. The molecule has 1 amide bonds. The lowest BCUT2D eigenvalue weighted by molar-refractivity contribution is -0.132. The maximum Gasteiger partial charge on any atom is 0.308 e. The number of rotatable bonds is 4. The molecule has 7 heteroatoms. The zero-order valence-corrected chi connectivity index (χ0v) is 19.7. The van der Waals surface area contributed by atoms with E-state index in [-0.39, 0.29) is 17.1 Å². The van der Waals surface area contributed by atoms with Crippen molar-refractivity contribution in [2.45, 2.75) is 13.0 Å². The van der Waals surface area contributed by atoms with Gasteiger partial charge in [0.2, 0.25) is 0 Å². The summed E-state index contributed by atoms with van der Waals surface area (Å²) in [7, 11) is 0. The van der Waals surface area contributed by atoms with Gasteiger partial charge in [0.05, 0.1) is 23.2 Å². The summed E-state index contributed by atoms with van der Waals surface area (Å²) in [5.74, 6) is -2.27. The first-order chi connectivity index (χ1) is 17.9. The van der Waals surface area contributed by atoms with Gasteiger partial charge in [0, 0.05) is 18.2 Å². The SMILES string of the molecule is CC(=O)Oc1cccc(C2/C(=C(/O)c3ccc4ccccc4c3)C(=O)C(=O)N2c2ccc(C#N)cc2)c1. The third-order valence-electron chi connectivity index (χ3n) is 6.18. The van der Waals surface area contributed by atoms with Crippen molar-refractivity contribution in [1.29, 1.82) is 5.26 Å². The summed E-state index contributed by atoms with van der Waals surface area (Å²) in [4.78, 5) is 39.6. The highest BCUT2D eigenvalue weighted by molar-refractivity contribution is 6.51. The second kappa shape index (κ2) is 9.44. The minimum absolute atomic E-state index is 0.0929. The molecule has 0 saturated carbocycles. The lowest BCUT2D eigenvalue weighted by Gasteiger charge is -2.25. The molecule has 0 bridgehead atoms. The first-order valence-electron chi connectivity index (χ1n) is 11.5. The van der Waals surface area contributed by atoms with Gasteiger partial charge < -0.3 is 9.84 Å². The van der Waals surface area contributed by atoms with Crippen LogP contribution in [-0.2, 0) is 14.4 Å². The number of benzene rings is 4. The van der Waals surface area contributed by atoms with Gasteiger partial charge in [-0.1, -0.05) is 48.5 Å². The molecule has 5 rings (SSSR count). The van der Waals surface area contributed by atoms with Crippen LogP contribution < -0.4 is 9.64 Å². The number of aliphatic hydroxyl groups excluding tert-OH is 1. The number of ketones is 1. The van der Waals surface area contributed by atoms with Crippen LogP contribution in [0.5, 0.6) is 5.75 Å². The highest BCUT2D eigenvalue weighted by Gasteiger charge is 2.47. The van der Waals surface area contributed by atoms with Gasteiger partial charge in [-0.25, -0.2) is 0 Å². The minimum atomic E-state index is -1.00. The molecule has 1 unspecified atom stereocenters. The van der Waals surface area contributed by atoms with Crippen LogP contribution in [0.3, 0.4) is 0 Å². The predicted molar refractivity (Wildman–Crippen MR) is 138 cm³/mol. The van der Waals surface area contributed by atoms with Crippen molar-refractivity contribution in [3.05, 3.63) is 113 Å². The highest BCUT2D eigenvalue weighted by atomic mass is 16.5. The lowest BCUT2D eigenvalue weighted by atomic mass is 9.94. The van der Waals surface area contributed by atoms with Gasteiger partial charge in [0.1, 0.15) is 11.5 Å². The molecule has 0 aliphatic carbocycles. The molecular weight excluding hydrogens is 468 g/mol. The number of Topliss-reactive ketones (excluding diaryl/α,β-unsaturated/α-hetero) is 1. The van der Waals surface area contributed by atoms with Crippen LogP contribution in [0.2, 0.25) is 0 Å². The van der Waals surface area contributed by atoms with Gasteiger partial charge in [0.25, 0.3) is 11.7 Å². The number of carbonyl (C=O) groups excluding carboxylic acids is 3. The fraction of sp³-hybridized carbons (Fsp3) is 0.0667. The van der Waals surface area contributed by atoms with E-state index < -0.39 is 23.7 Å². The first-order valence-corrected chi connectivity index (χ1v) is 11.5. The molecule has 1 heterocycles. The molecular formula is C30H20N2O5. The van der Waals surface area contributed by atoms with Gasteiger partial charge in [-0.3, -0.25) is 19.3 Å². The standard InChI is InChI=1S/C30H20N2O5/c1-18(33)37-25-8-4-7-22(16-25)27-26(28(34)23-12-11-20-5-2-3-6-21(20)15-23)29(35)30(36)32(27)24-13-9-19(17-31)10-14-24/h2-16,27,34H,1H3/b28-26-. The number of fused-ring (bicyclic) bond motifs is 1. The van der Waals surface area contributed by atoms with E-state index >= 15 is 0 Å². The predicted octanol–water partition coefficient (Wildman–Crippen LogP) is 5.26. The normalized spacial score (nSPS) is 16.5. The number of ether oxygens (including phenoxy) is 1. The van der Waals surface area contributed by atoms with Crippen molar-refractivity contribution in [3.8, 4) is 11.8 Å². The molecule has 7 nitrogen and oxygen atoms in total. The van der Waals surface area contributed by atoms with Crippen molar-refractivity contribution in [1.82, 2.24) is 0 Å². The molecule has 1 fully saturated rings. The van der Waals surface area contributed by atoms with E-state index in [0.717, 1.165) is 10.8 Å². The zero-order chi connectivity index (χ0) is 26.1. The van der Waals surface area contributed by atoms with E-state index in [1.54, 1.807) is 60.7 Å². The topological polar surface area (TPSA) is 108 Å². The Morgan fingerprint density at radius 3 is 2.35 bits per heavy atom. The van der Waals surface area contributed by atoms with E-state index in [1.807, 2.05) is 36.4 Å². The van der Waals surface area contributed by atoms with Crippen LogP contribution in [0.4, 0.5) is 5.69 Å². The van der Waals surface area contributed by atoms with Crippen LogP contribution >= 0.6 is 0 Å². The third kappa shape index (κ3) is 4.32. The van der Waals surface area contributed by atoms with Crippen LogP contribution in [-0.4, -0.2) is 22.8 Å². The average Bonchev–Trinajstić information content (AvgIpc) is 3.18. The van der Waals surface area contributed by atoms with Crippen molar-refractivity contribution in [2.75, 3.05) is 4.90 Å². The number of hydrogen-bond acceptors (Lipinski definition) is 6. The Bertz CT molecular complexity index is 1650. The molecule has 0 aromatic heterocycles. The van der Waals surface area contributed by atoms with Crippen molar-refractivity contribution < 1.29 is 24.2 Å². The summed E-state index contributed by atoms with van der Waals surface area (Å²) in [5.41, 5.74) is 1.53. The van der Waals surface area contributed by atoms with E-state index in [9.17, 15) is 19.5 Å². The van der Waals surface area contributed by atoms with Crippen LogP contribution in [0.25, 0.3) is 16.5 Å². The molecule has 0 radical (unpaired) electrons. The molecule has 4 aromatic carbocycles. The Morgan fingerprint density at radius 1 is 0.919 bits per heavy atom. The van der Waals surface area contributed by atoms with Gasteiger partial charge in [-0.2, -0.15) is 5.26 Å². The Morgan fingerprint density at radius 2 is 1.65 bits per heavy atom. The number of nitrogens with zero attached hydrogens (tertiary/aromatic N) is 2. The van der Waals surface area contributed by atoms with E-state index in [2.05, 4.69) is 0 Å². The molecule has 0 spiro atoms. The molecule has 1 saturated heterocycles. The molecule has 180 valence electrons.